The fraction of sp³-hybridized carbons (Fsp3) is 0.714. The van der Waals surface area contributed by atoms with Gasteiger partial charge in [-0.2, -0.15) is 0 Å². The zero-order valence-electron chi connectivity index (χ0n) is 9.29. The van der Waals surface area contributed by atoms with E-state index in [0.717, 1.165) is 17.8 Å². The smallest absolute Gasteiger partial charge is 0.00778 e. The van der Waals surface area contributed by atoms with Crippen LogP contribution >= 0.6 is 0 Å². The van der Waals surface area contributed by atoms with Gasteiger partial charge in [-0.3, -0.25) is 0 Å². The molecule has 1 fully saturated rings. The first kappa shape index (κ1) is 8.76. The van der Waals surface area contributed by atoms with E-state index in [1.165, 1.54) is 25.7 Å². The molecule has 0 amide bonds. The van der Waals surface area contributed by atoms with Crippen LogP contribution in [0.25, 0.3) is 0 Å². The highest BCUT2D eigenvalue weighted by atomic mass is 14.6. The van der Waals surface area contributed by atoms with Crippen molar-refractivity contribution in [1.29, 1.82) is 0 Å². The third-order valence-corrected chi connectivity index (χ3v) is 5.05. The number of hydrogen-bond donors (Lipinski definition) is 0. The van der Waals surface area contributed by atoms with Crippen molar-refractivity contribution in [2.45, 2.75) is 39.5 Å². The molecule has 0 N–H and O–H groups in total. The SMILES string of the molecule is CCC1=CC[C@H]2[C@@H]1[C@H]1C=C[C@@]2(CC)C1. The molecule has 0 radical (unpaired) electrons. The van der Waals surface area contributed by atoms with E-state index in [1.807, 2.05) is 0 Å². The average Bonchev–Trinajstić information content (AvgIpc) is 2.88. The zero-order chi connectivity index (χ0) is 9.76. The van der Waals surface area contributed by atoms with Crippen LogP contribution in [0.5, 0.6) is 0 Å². The summed E-state index contributed by atoms with van der Waals surface area (Å²) in [4.78, 5) is 0. The lowest BCUT2D eigenvalue weighted by Gasteiger charge is -2.32. The molecule has 0 saturated heterocycles. The summed E-state index contributed by atoms with van der Waals surface area (Å²) in [6.07, 6.45) is 13.1. The van der Waals surface area contributed by atoms with E-state index in [4.69, 9.17) is 0 Å². The van der Waals surface area contributed by atoms with Gasteiger partial charge in [0.15, 0.2) is 0 Å². The Balaban J connectivity index is 1.97. The second-order valence-electron chi connectivity index (χ2n) is 5.31. The molecule has 0 aromatic carbocycles. The van der Waals surface area contributed by atoms with Crippen molar-refractivity contribution < 1.29 is 0 Å². The van der Waals surface area contributed by atoms with Crippen LogP contribution < -0.4 is 0 Å². The third-order valence-electron chi connectivity index (χ3n) is 5.05. The summed E-state index contributed by atoms with van der Waals surface area (Å²) >= 11 is 0. The Hall–Kier alpha value is -0.520. The monoisotopic (exact) mass is 188 g/mol. The highest BCUT2D eigenvalue weighted by molar-refractivity contribution is 5.32. The van der Waals surface area contributed by atoms with Gasteiger partial charge in [0.05, 0.1) is 0 Å². The Morgan fingerprint density at radius 3 is 3.00 bits per heavy atom. The molecule has 0 unspecified atom stereocenters. The molecule has 3 aliphatic rings. The van der Waals surface area contributed by atoms with E-state index in [0.29, 0.717) is 5.41 Å². The number of fused-ring (bicyclic) bond motifs is 5. The van der Waals surface area contributed by atoms with Gasteiger partial charge in [-0.25, -0.2) is 0 Å². The van der Waals surface area contributed by atoms with Crippen molar-refractivity contribution in [1.82, 2.24) is 0 Å². The van der Waals surface area contributed by atoms with Crippen molar-refractivity contribution in [2.75, 3.05) is 0 Å². The van der Waals surface area contributed by atoms with Crippen molar-refractivity contribution in [3.63, 3.8) is 0 Å². The Labute approximate surface area is 87.1 Å². The Bertz CT molecular complexity index is 310. The van der Waals surface area contributed by atoms with Crippen LogP contribution in [-0.4, -0.2) is 0 Å². The maximum Gasteiger partial charge on any atom is -0.00778 e. The summed E-state index contributed by atoms with van der Waals surface area (Å²) in [5.74, 6) is 2.80. The van der Waals surface area contributed by atoms with Crippen molar-refractivity contribution >= 4 is 0 Å². The summed E-state index contributed by atoms with van der Waals surface area (Å²) in [7, 11) is 0. The molecule has 0 aliphatic heterocycles. The van der Waals surface area contributed by atoms with E-state index < -0.39 is 0 Å². The first-order valence-electron chi connectivity index (χ1n) is 6.19. The first-order chi connectivity index (χ1) is 6.80. The predicted molar refractivity (Wildman–Crippen MR) is 59.9 cm³/mol. The molecular weight excluding hydrogens is 168 g/mol. The highest BCUT2D eigenvalue weighted by Crippen LogP contribution is 2.63. The molecular formula is C14H20. The van der Waals surface area contributed by atoms with Crippen LogP contribution in [0.2, 0.25) is 0 Å². The Morgan fingerprint density at radius 2 is 2.29 bits per heavy atom. The maximum atomic E-state index is 2.55. The average molecular weight is 188 g/mol. The van der Waals surface area contributed by atoms with Crippen molar-refractivity contribution in [3.05, 3.63) is 23.8 Å². The molecule has 4 atom stereocenters. The van der Waals surface area contributed by atoms with Gasteiger partial charge in [0.1, 0.15) is 0 Å². The molecule has 3 rings (SSSR count). The number of allylic oxidation sites excluding steroid dienone is 4. The molecule has 2 bridgehead atoms. The normalized spacial score (nSPS) is 48.4. The predicted octanol–water partition coefficient (Wildman–Crippen LogP) is 3.95. The first-order valence-corrected chi connectivity index (χ1v) is 6.19. The number of hydrogen-bond acceptors (Lipinski definition) is 0. The molecule has 0 aromatic rings. The molecule has 0 aromatic heterocycles. The molecule has 0 spiro atoms. The van der Waals surface area contributed by atoms with Gasteiger partial charge in [0.2, 0.25) is 0 Å². The standard InChI is InChI=1S/C14H20/c1-3-10-5-6-12-13(10)11-7-8-14(12,4-2)9-11/h5,7-8,11-13H,3-4,6,9H2,1-2H3/t11-,12-,13-,14-/m0/s1. The Morgan fingerprint density at radius 1 is 1.43 bits per heavy atom. The van der Waals surface area contributed by atoms with E-state index in [-0.39, 0.29) is 0 Å². The molecule has 1 saturated carbocycles. The van der Waals surface area contributed by atoms with Gasteiger partial charge in [0.25, 0.3) is 0 Å². The Kier molecular flexibility index (Phi) is 1.72. The van der Waals surface area contributed by atoms with Gasteiger partial charge >= 0.3 is 0 Å². The third kappa shape index (κ3) is 0.852. The van der Waals surface area contributed by atoms with Crippen LogP contribution in [0.4, 0.5) is 0 Å². The van der Waals surface area contributed by atoms with E-state index in [1.54, 1.807) is 5.57 Å². The fourth-order valence-electron chi connectivity index (χ4n) is 4.30. The summed E-state index contributed by atoms with van der Waals surface area (Å²) < 4.78 is 0. The second kappa shape index (κ2) is 2.74. The lowest BCUT2D eigenvalue weighted by molar-refractivity contribution is 0.246. The second-order valence-corrected chi connectivity index (χ2v) is 5.31. The van der Waals surface area contributed by atoms with Crippen LogP contribution in [0, 0.1) is 23.2 Å². The number of rotatable bonds is 2. The van der Waals surface area contributed by atoms with Crippen LogP contribution in [-0.2, 0) is 0 Å². The van der Waals surface area contributed by atoms with Crippen LogP contribution in [0.1, 0.15) is 39.5 Å². The minimum absolute atomic E-state index is 0.600. The quantitative estimate of drug-likeness (QED) is 0.576. The minimum Gasteiger partial charge on any atom is -0.0847 e. The lowest BCUT2D eigenvalue weighted by Crippen LogP contribution is -2.25. The van der Waals surface area contributed by atoms with Crippen molar-refractivity contribution in [3.8, 4) is 0 Å². The topological polar surface area (TPSA) is 0 Å². The molecule has 0 nitrogen and oxygen atoms in total. The molecule has 0 heterocycles. The minimum atomic E-state index is 0.600. The maximum absolute atomic E-state index is 2.55. The molecule has 76 valence electrons. The summed E-state index contributed by atoms with van der Waals surface area (Å²) in [6.45, 7) is 4.70. The van der Waals surface area contributed by atoms with Crippen LogP contribution in [0.3, 0.4) is 0 Å². The van der Waals surface area contributed by atoms with E-state index in [2.05, 4.69) is 32.1 Å². The van der Waals surface area contributed by atoms with Gasteiger partial charge < -0.3 is 0 Å². The molecule has 0 heteroatoms. The lowest BCUT2D eigenvalue weighted by atomic mass is 9.72. The van der Waals surface area contributed by atoms with Gasteiger partial charge in [-0.15, -0.1) is 0 Å². The van der Waals surface area contributed by atoms with Crippen molar-refractivity contribution in [2.24, 2.45) is 23.2 Å². The van der Waals surface area contributed by atoms with E-state index >= 15 is 0 Å². The molecule has 14 heavy (non-hydrogen) atoms. The largest absolute Gasteiger partial charge is 0.0847 e. The zero-order valence-corrected chi connectivity index (χ0v) is 9.29. The summed E-state index contributed by atoms with van der Waals surface area (Å²) in [5.41, 5.74) is 2.36. The summed E-state index contributed by atoms with van der Waals surface area (Å²) in [5, 5.41) is 0. The van der Waals surface area contributed by atoms with E-state index in [9.17, 15) is 0 Å². The van der Waals surface area contributed by atoms with Gasteiger partial charge in [-0.1, -0.05) is 37.6 Å². The van der Waals surface area contributed by atoms with Gasteiger partial charge in [-0.05, 0) is 48.9 Å². The highest BCUT2D eigenvalue weighted by Gasteiger charge is 2.55. The van der Waals surface area contributed by atoms with Gasteiger partial charge in [0, 0.05) is 0 Å². The summed E-state index contributed by atoms with van der Waals surface area (Å²) in [6, 6.07) is 0. The van der Waals surface area contributed by atoms with Crippen LogP contribution in [0.15, 0.2) is 23.8 Å². The fourth-order valence-corrected chi connectivity index (χ4v) is 4.30. The molecule has 3 aliphatic carbocycles.